The van der Waals surface area contributed by atoms with E-state index < -0.39 is 40.5 Å². The molecule has 9 heteroatoms. The first kappa shape index (κ1) is 22.5. The van der Waals surface area contributed by atoms with Crippen molar-refractivity contribution in [3.05, 3.63) is 66.0 Å². The molecule has 0 spiro atoms. The Hall–Kier alpha value is -2.78. The number of rotatable bonds is 9. The summed E-state index contributed by atoms with van der Waals surface area (Å²) in [5, 5.41) is 2.54. The van der Waals surface area contributed by atoms with Gasteiger partial charge in [-0.25, -0.2) is 12.8 Å². The Morgan fingerprint density at radius 1 is 1.03 bits per heavy atom. The largest absolute Gasteiger partial charge is 0.454 e. The Bertz CT molecular complexity index is 931. The van der Waals surface area contributed by atoms with Crippen LogP contribution >= 0.6 is 0 Å². The van der Waals surface area contributed by atoms with E-state index in [1.807, 2.05) is 0 Å². The zero-order chi connectivity index (χ0) is 21.4. The van der Waals surface area contributed by atoms with Crippen LogP contribution in [0.15, 0.2) is 59.5 Å². The van der Waals surface area contributed by atoms with Crippen LogP contribution in [0, 0.1) is 11.7 Å². The Kier molecular flexibility index (Phi) is 7.86. The molecule has 1 amide bonds. The van der Waals surface area contributed by atoms with E-state index >= 15 is 0 Å². The molecule has 2 aromatic carbocycles. The van der Waals surface area contributed by atoms with Gasteiger partial charge in [-0.15, -0.1) is 0 Å². The van der Waals surface area contributed by atoms with Crippen molar-refractivity contribution in [2.24, 2.45) is 5.92 Å². The van der Waals surface area contributed by atoms with Gasteiger partial charge in [0, 0.05) is 6.54 Å². The lowest BCUT2D eigenvalue weighted by molar-refractivity contribution is -0.151. The van der Waals surface area contributed by atoms with Crippen LogP contribution in [-0.4, -0.2) is 32.9 Å². The van der Waals surface area contributed by atoms with Crippen LogP contribution in [0.3, 0.4) is 0 Å². The summed E-state index contributed by atoms with van der Waals surface area (Å²) in [7, 11) is -3.92. The average molecular weight is 422 g/mol. The fourth-order valence-electron chi connectivity index (χ4n) is 2.37. The molecule has 0 saturated heterocycles. The summed E-state index contributed by atoms with van der Waals surface area (Å²) in [6, 6.07) is 12.1. The highest BCUT2D eigenvalue weighted by Crippen LogP contribution is 2.12. The number of carbonyl (C=O) groups is 2. The van der Waals surface area contributed by atoms with E-state index in [0.717, 1.165) is 0 Å². The number of hydrogen-bond donors (Lipinski definition) is 2. The second-order valence-corrected chi connectivity index (χ2v) is 8.38. The fourth-order valence-corrected chi connectivity index (χ4v) is 3.73. The van der Waals surface area contributed by atoms with Crippen LogP contribution in [0.2, 0.25) is 0 Å². The SMILES string of the molecule is CC(C)[C@@H](NS(=O)(=O)c1ccccc1)C(=O)OCC(=O)NCc1ccc(F)cc1. The summed E-state index contributed by atoms with van der Waals surface area (Å²) >= 11 is 0. The molecule has 156 valence electrons. The summed E-state index contributed by atoms with van der Waals surface area (Å²) in [5.74, 6) is -2.19. The van der Waals surface area contributed by atoms with E-state index in [1.54, 1.807) is 32.0 Å². The Balaban J connectivity index is 1.90. The molecular weight excluding hydrogens is 399 g/mol. The number of esters is 1. The lowest BCUT2D eigenvalue weighted by atomic mass is 10.1. The number of nitrogens with one attached hydrogen (secondary N) is 2. The maximum Gasteiger partial charge on any atom is 0.324 e. The van der Waals surface area contributed by atoms with E-state index in [-0.39, 0.29) is 17.3 Å². The fraction of sp³-hybridized carbons (Fsp3) is 0.300. The van der Waals surface area contributed by atoms with Crippen LogP contribution < -0.4 is 10.0 Å². The normalized spacial score (nSPS) is 12.4. The number of hydrogen-bond acceptors (Lipinski definition) is 5. The van der Waals surface area contributed by atoms with Crippen LogP contribution in [0.25, 0.3) is 0 Å². The Morgan fingerprint density at radius 2 is 1.66 bits per heavy atom. The van der Waals surface area contributed by atoms with Crippen LogP contribution in [-0.2, 0) is 30.9 Å². The van der Waals surface area contributed by atoms with E-state index in [0.29, 0.717) is 5.56 Å². The zero-order valence-corrected chi connectivity index (χ0v) is 16.9. The van der Waals surface area contributed by atoms with Crippen molar-refractivity contribution in [3.8, 4) is 0 Å². The first-order chi connectivity index (χ1) is 13.7. The van der Waals surface area contributed by atoms with E-state index in [1.165, 1.54) is 36.4 Å². The van der Waals surface area contributed by atoms with Crippen LogP contribution in [0.5, 0.6) is 0 Å². The molecule has 0 heterocycles. The van der Waals surface area contributed by atoms with Gasteiger partial charge >= 0.3 is 5.97 Å². The maximum atomic E-state index is 12.9. The van der Waals surface area contributed by atoms with Crippen molar-refractivity contribution in [2.75, 3.05) is 6.61 Å². The maximum absolute atomic E-state index is 12.9. The number of benzene rings is 2. The molecule has 0 aliphatic rings. The number of carbonyl (C=O) groups excluding carboxylic acids is 2. The third-order valence-electron chi connectivity index (χ3n) is 4.00. The van der Waals surface area contributed by atoms with Gasteiger partial charge in [0.2, 0.25) is 10.0 Å². The lowest BCUT2D eigenvalue weighted by Crippen LogP contribution is -2.46. The summed E-state index contributed by atoms with van der Waals surface area (Å²) in [6.45, 7) is 2.91. The molecule has 2 rings (SSSR count). The van der Waals surface area contributed by atoms with Gasteiger partial charge in [-0.1, -0.05) is 44.2 Å². The molecule has 0 aromatic heterocycles. The predicted molar refractivity (Wildman–Crippen MR) is 105 cm³/mol. The molecule has 0 aliphatic heterocycles. The van der Waals surface area contributed by atoms with Gasteiger partial charge in [-0.05, 0) is 35.7 Å². The monoisotopic (exact) mass is 422 g/mol. The van der Waals surface area contributed by atoms with Gasteiger partial charge in [0.05, 0.1) is 4.90 Å². The molecule has 29 heavy (non-hydrogen) atoms. The van der Waals surface area contributed by atoms with Crippen molar-refractivity contribution < 1.29 is 27.1 Å². The average Bonchev–Trinajstić information content (AvgIpc) is 2.70. The smallest absolute Gasteiger partial charge is 0.324 e. The van der Waals surface area contributed by atoms with Gasteiger partial charge in [0.15, 0.2) is 6.61 Å². The molecule has 1 atom stereocenters. The van der Waals surface area contributed by atoms with Gasteiger partial charge in [0.25, 0.3) is 5.91 Å². The molecular formula is C20H23FN2O5S. The third-order valence-corrected chi connectivity index (χ3v) is 5.46. The first-order valence-corrected chi connectivity index (χ1v) is 10.4. The van der Waals surface area contributed by atoms with Gasteiger partial charge in [-0.2, -0.15) is 4.72 Å². The number of sulfonamides is 1. The van der Waals surface area contributed by atoms with Crippen molar-refractivity contribution in [3.63, 3.8) is 0 Å². The minimum Gasteiger partial charge on any atom is -0.454 e. The summed E-state index contributed by atoms with van der Waals surface area (Å²) in [4.78, 5) is 24.2. The minimum atomic E-state index is -3.92. The Morgan fingerprint density at radius 3 is 2.24 bits per heavy atom. The molecule has 0 saturated carbocycles. The standard InChI is InChI=1S/C20H23FN2O5S/c1-14(2)19(23-29(26,27)17-6-4-3-5-7-17)20(25)28-13-18(24)22-12-15-8-10-16(21)11-9-15/h3-11,14,19,23H,12-13H2,1-2H3,(H,22,24)/t19-/m1/s1. The number of halogens is 1. The molecule has 0 aliphatic carbocycles. The van der Waals surface area contributed by atoms with E-state index in [2.05, 4.69) is 10.0 Å². The molecule has 0 unspecified atom stereocenters. The predicted octanol–water partition coefficient (Wildman–Crippen LogP) is 1.99. The molecule has 0 radical (unpaired) electrons. The lowest BCUT2D eigenvalue weighted by Gasteiger charge is -2.20. The minimum absolute atomic E-state index is 0.0236. The number of ether oxygens (including phenoxy) is 1. The third kappa shape index (κ3) is 6.95. The highest BCUT2D eigenvalue weighted by Gasteiger charge is 2.30. The van der Waals surface area contributed by atoms with E-state index in [9.17, 15) is 22.4 Å². The quantitative estimate of drug-likeness (QED) is 0.602. The van der Waals surface area contributed by atoms with E-state index in [4.69, 9.17) is 4.74 Å². The zero-order valence-electron chi connectivity index (χ0n) is 16.1. The van der Waals surface area contributed by atoms with Crippen LogP contribution in [0.1, 0.15) is 19.4 Å². The van der Waals surface area contributed by atoms with Crippen molar-refractivity contribution in [2.45, 2.75) is 31.3 Å². The molecule has 0 fully saturated rings. The van der Waals surface area contributed by atoms with Crippen LogP contribution in [0.4, 0.5) is 4.39 Å². The molecule has 7 nitrogen and oxygen atoms in total. The van der Waals surface area contributed by atoms with Gasteiger partial charge in [0.1, 0.15) is 11.9 Å². The summed E-state index contributed by atoms with van der Waals surface area (Å²) < 4.78 is 45.1. The summed E-state index contributed by atoms with van der Waals surface area (Å²) in [5.41, 5.74) is 0.682. The van der Waals surface area contributed by atoms with Crippen molar-refractivity contribution >= 4 is 21.9 Å². The topological polar surface area (TPSA) is 102 Å². The van der Waals surface area contributed by atoms with Gasteiger partial charge in [-0.3, -0.25) is 9.59 Å². The highest BCUT2D eigenvalue weighted by atomic mass is 32.2. The molecule has 0 bridgehead atoms. The first-order valence-electron chi connectivity index (χ1n) is 8.94. The second-order valence-electron chi connectivity index (χ2n) is 6.67. The van der Waals surface area contributed by atoms with Gasteiger partial charge < -0.3 is 10.1 Å². The molecule has 2 aromatic rings. The summed E-state index contributed by atoms with van der Waals surface area (Å²) in [6.07, 6.45) is 0. The second kappa shape index (κ2) is 10.1. The molecule has 2 N–H and O–H groups in total. The highest BCUT2D eigenvalue weighted by molar-refractivity contribution is 7.89. The van der Waals surface area contributed by atoms with Crippen molar-refractivity contribution in [1.82, 2.24) is 10.0 Å². The number of amides is 1. The van der Waals surface area contributed by atoms with Crippen molar-refractivity contribution in [1.29, 1.82) is 0 Å². The Labute approximate surface area is 169 Å².